The second kappa shape index (κ2) is 8.36. The highest BCUT2D eigenvalue weighted by Crippen LogP contribution is 2.23. The van der Waals surface area contributed by atoms with E-state index in [9.17, 15) is 4.79 Å². The SMILES string of the molecule is COc1ccc(N2CCN(CC(=O)c3cc(C)n(-c4cc(C)on4)c3C)CC2)cc1. The minimum absolute atomic E-state index is 0.146. The number of carbonyl (C=O) groups is 1. The monoisotopic (exact) mass is 408 g/mol. The summed E-state index contributed by atoms with van der Waals surface area (Å²) in [5.41, 5.74) is 3.83. The molecule has 4 rings (SSSR count). The Bertz CT molecular complexity index is 1030. The van der Waals surface area contributed by atoms with Crippen LogP contribution in [0.4, 0.5) is 5.69 Å². The lowest BCUT2D eigenvalue weighted by atomic mass is 10.1. The van der Waals surface area contributed by atoms with Crippen molar-refractivity contribution in [2.75, 3.05) is 44.7 Å². The van der Waals surface area contributed by atoms with Gasteiger partial charge >= 0.3 is 0 Å². The summed E-state index contributed by atoms with van der Waals surface area (Å²) in [6.07, 6.45) is 0. The van der Waals surface area contributed by atoms with Gasteiger partial charge in [0.25, 0.3) is 0 Å². The van der Waals surface area contributed by atoms with Crippen molar-refractivity contribution in [2.24, 2.45) is 0 Å². The Kier molecular flexibility index (Phi) is 5.63. The molecule has 158 valence electrons. The fourth-order valence-electron chi connectivity index (χ4n) is 4.10. The normalized spacial score (nSPS) is 14.9. The average molecular weight is 409 g/mol. The van der Waals surface area contributed by atoms with E-state index in [0.717, 1.165) is 60.5 Å². The summed E-state index contributed by atoms with van der Waals surface area (Å²) >= 11 is 0. The van der Waals surface area contributed by atoms with Crippen LogP contribution in [0, 0.1) is 20.8 Å². The molecule has 0 N–H and O–H groups in total. The lowest BCUT2D eigenvalue weighted by Gasteiger charge is -2.35. The number of aromatic nitrogens is 2. The number of rotatable bonds is 6. The fraction of sp³-hybridized carbons (Fsp3) is 0.391. The van der Waals surface area contributed by atoms with Gasteiger partial charge in [-0.3, -0.25) is 14.3 Å². The molecule has 1 fully saturated rings. The minimum Gasteiger partial charge on any atom is -0.497 e. The predicted octanol–water partition coefficient (Wildman–Crippen LogP) is 3.40. The maximum atomic E-state index is 13.0. The maximum absolute atomic E-state index is 13.0. The Morgan fingerprint density at radius 3 is 2.37 bits per heavy atom. The molecule has 1 aliphatic rings. The van der Waals surface area contributed by atoms with Gasteiger partial charge in [-0.1, -0.05) is 5.16 Å². The van der Waals surface area contributed by atoms with Crippen molar-refractivity contribution < 1.29 is 14.1 Å². The fourth-order valence-corrected chi connectivity index (χ4v) is 4.10. The molecule has 7 heteroatoms. The number of hydrogen-bond donors (Lipinski definition) is 0. The summed E-state index contributed by atoms with van der Waals surface area (Å²) in [6.45, 7) is 9.76. The summed E-state index contributed by atoms with van der Waals surface area (Å²) in [5.74, 6) is 2.48. The number of Topliss-reactive ketones (excluding diaryl/α,β-unsaturated/α-hetero) is 1. The molecule has 3 heterocycles. The van der Waals surface area contributed by atoms with Crippen LogP contribution < -0.4 is 9.64 Å². The first-order valence-electron chi connectivity index (χ1n) is 10.2. The molecule has 1 saturated heterocycles. The summed E-state index contributed by atoms with van der Waals surface area (Å²) < 4.78 is 12.4. The van der Waals surface area contributed by atoms with E-state index in [-0.39, 0.29) is 5.78 Å². The highest BCUT2D eigenvalue weighted by Gasteiger charge is 2.23. The number of hydrogen-bond acceptors (Lipinski definition) is 6. The second-order valence-corrected chi connectivity index (χ2v) is 7.80. The minimum atomic E-state index is 0.146. The van der Waals surface area contributed by atoms with Crippen LogP contribution in [0.2, 0.25) is 0 Å². The molecule has 0 aliphatic carbocycles. The number of aryl methyl sites for hydroxylation is 2. The largest absolute Gasteiger partial charge is 0.497 e. The van der Waals surface area contributed by atoms with Gasteiger partial charge in [0.15, 0.2) is 11.6 Å². The second-order valence-electron chi connectivity index (χ2n) is 7.80. The van der Waals surface area contributed by atoms with Gasteiger partial charge < -0.3 is 14.2 Å². The molecular formula is C23H28N4O3. The summed E-state index contributed by atoms with van der Waals surface area (Å²) in [6, 6.07) is 12.0. The lowest BCUT2D eigenvalue weighted by molar-refractivity contribution is 0.0926. The number of methoxy groups -OCH3 is 1. The third-order valence-corrected chi connectivity index (χ3v) is 5.75. The van der Waals surface area contributed by atoms with Crippen molar-refractivity contribution in [1.82, 2.24) is 14.6 Å². The number of benzene rings is 1. The molecule has 1 aliphatic heterocycles. The Morgan fingerprint density at radius 2 is 1.77 bits per heavy atom. The van der Waals surface area contributed by atoms with Crippen molar-refractivity contribution in [3.05, 3.63) is 59.1 Å². The van der Waals surface area contributed by atoms with Crippen LogP contribution in [0.1, 0.15) is 27.5 Å². The van der Waals surface area contributed by atoms with E-state index in [2.05, 4.69) is 27.1 Å². The third-order valence-electron chi connectivity index (χ3n) is 5.75. The van der Waals surface area contributed by atoms with Crippen LogP contribution in [0.15, 0.2) is 40.9 Å². The molecule has 0 atom stereocenters. The highest BCUT2D eigenvalue weighted by atomic mass is 16.5. The lowest BCUT2D eigenvalue weighted by Crippen LogP contribution is -2.48. The molecule has 0 saturated carbocycles. The van der Waals surface area contributed by atoms with Gasteiger partial charge in [0.1, 0.15) is 11.5 Å². The Hall–Kier alpha value is -3.06. The van der Waals surface area contributed by atoms with Gasteiger partial charge in [-0.25, -0.2) is 0 Å². The molecule has 0 unspecified atom stereocenters. The van der Waals surface area contributed by atoms with Crippen LogP contribution >= 0.6 is 0 Å². The Labute approximate surface area is 176 Å². The van der Waals surface area contributed by atoms with E-state index in [0.29, 0.717) is 6.54 Å². The third kappa shape index (κ3) is 3.98. The molecule has 1 aromatic carbocycles. The quantitative estimate of drug-likeness (QED) is 0.583. The van der Waals surface area contributed by atoms with Crippen molar-refractivity contribution in [2.45, 2.75) is 20.8 Å². The number of piperazine rings is 1. The molecule has 0 amide bonds. The smallest absolute Gasteiger partial charge is 0.180 e. The summed E-state index contributed by atoms with van der Waals surface area (Å²) in [4.78, 5) is 17.6. The molecule has 2 aromatic heterocycles. The number of carbonyl (C=O) groups excluding carboxylic acids is 1. The Morgan fingerprint density at radius 1 is 1.07 bits per heavy atom. The van der Waals surface area contributed by atoms with Gasteiger partial charge in [0.05, 0.1) is 13.7 Å². The molecule has 7 nitrogen and oxygen atoms in total. The zero-order chi connectivity index (χ0) is 21.3. The zero-order valence-electron chi connectivity index (χ0n) is 18.0. The van der Waals surface area contributed by atoms with E-state index < -0.39 is 0 Å². The van der Waals surface area contributed by atoms with Gasteiger partial charge in [0.2, 0.25) is 0 Å². The summed E-state index contributed by atoms with van der Waals surface area (Å²) in [5, 5.41) is 4.10. The van der Waals surface area contributed by atoms with E-state index >= 15 is 0 Å². The van der Waals surface area contributed by atoms with Gasteiger partial charge in [-0.05, 0) is 51.1 Å². The van der Waals surface area contributed by atoms with Gasteiger partial charge in [0, 0.05) is 54.9 Å². The average Bonchev–Trinajstić information content (AvgIpc) is 3.30. The topological polar surface area (TPSA) is 63.7 Å². The molecule has 0 radical (unpaired) electrons. The standard InChI is InChI=1S/C23H28N4O3/c1-16-13-21(18(3)27(16)23-14-17(2)30-24-23)22(28)15-25-9-11-26(12-10-25)19-5-7-20(29-4)8-6-19/h5-8,13-14H,9-12,15H2,1-4H3. The number of anilines is 1. The van der Waals surface area contributed by atoms with Gasteiger partial charge in [-0.15, -0.1) is 0 Å². The Balaban J connectivity index is 1.39. The number of ketones is 1. The van der Waals surface area contributed by atoms with E-state index in [4.69, 9.17) is 9.26 Å². The van der Waals surface area contributed by atoms with Crippen molar-refractivity contribution in [3.8, 4) is 11.6 Å². The predicted molar refractivity (Wildman–Crippen MR) is 116 cm³/mol. The van der Waals surface area contributed by atoms with Crippen molar-refractivity contribution >= 4 is 11.5 Å². The van der Waals surface area contributed by atoms with Crippen molar-refractivity contribution in [3.63, 3.8) is 0 Å². The van der Waals surface area contributed by atoms with Crippen LogP contribution in [0.5, 0.6) is 5.75 Å². The maximum Gasteiger partial charge on any atom is 0.180 e. The number of ether oxygens (including phenoxy) is 1. The van der Waals surface area contributed by atoms with Crippen molar-refractivity contribution in [1.29, 1.82) is 0 Å². The first-order chi connectivity index (χ1) is 14.5. The highest BCUT2D eigenvalue weighted by molar-refractivity contribution is 5.99. The number of nitrogens with zero attached hydrogens (tertiary/aromatic N) is 4. The van der Waals surface area contributed by atoms with E-state index in [1.54, 1.807) is 7.11 Å². The summed E-state index contributed by atoms with van der Waals surface area (Å²) in [7, 11) is 1.68. The van der Waals surface area contributed by atoms with Crippen LogP contribution in [0.25, 0.3) is 5.82 Å². The van der Waals surface area contributed by atoms with Crippen LogP contribution in [-0.4, -0.2) is 60.2 Å². The first kappa shape index (κ1) is 20.2. The van der Waals surface area contributed by atoms with E-state index in [1.165, 1.54) is 5.69 Å². The first-order valence-corrected chi connectivity index (χ1v) is 10.2. The molecular weight excluding hydrogens is 380 g/mol. The molecule has 0 spiro atoms. The van der Waals surface area contributed by atoms with Gasteiger partial charge in [-0.2, -0.15) is 0 Å². The molecule has 30 heavy (non-hydrogen) atoms. The molecule has 0 bridgehead atoms. The zero-order valence-corrected chi connectivity index (χ0v) is 18.0. The van der Waals surface area contributed by atoms with Crippen LogP contribution in [0.3, 0.4) is 0 Å². The van der Waals surface area contributed by atoms with E-state index in [1.807, 2.05) is 49.6 Å². The molecule has 3 aromatic rings. The van der Waals surface area contributed by atoms with Crippen LogP contribution in [-0.2, 0) is 0 Å².